The summed E-state index contributed by atoms with van der Waals surface area (Å²) >= 11 is 0. The van der Waals surface area contributed by atoms with E-state index in [1.165, 1.54) is 5.56 Å². The van der Waals surface area contributed by atoms with Gasteiger partial charge < -0.3 is 4.74 Å². The van der Waals surface area contributed by atoms with Gasteiger partial charge in [-0.1, -0.05) is 35.4 Å². The fourth-order valence-electron chi connectivity index (χ4n) is 2.21. The number of ether oxygens (including phenoxy) is 1. The molecule has 90 valence electrons. The van der Waals surface area contributed by atoms with Crippen molar-refractivity contribution in [3.8, 4) is 0 Å². The van der Waals surface area contributed by atoms with Crippen LogP contribution in [-0.2, 0) is 11.3 Å². The number of hydrogen-bond donors (Lipinski definition) is 0. The van der Waals surface area contributed by atoms with Crippen LogP contribution < -0.4 is 0 Å². The van der Waals surface area contributed by atoms with Gasteiger partial charge in [-0.25, -0.2) is 0 Å². The predicted octanol–water partition coefficient (Wildman–Crippen LogP) is 2.20. The maximum absolute atomic E-state index is 8.50. The fraction of sp³-hybridized carbons (Fsp3) is 0.500. The maximum atomic E-state index is 8.50. The zero-order valence-corrected chi connectivity index (χ0v) is 9.86. The van der Waals surface area contributed by atoms with Crippen molar-refractivity contribution < 1.29 is 4.74 Å². The number of hydrogen-bond acceptors (Lipinski definition) is 3. The molecule has 0 aromatic heterocycles. The van der Waals surface area contributed by atoms with Gasteiger partial charge in [0.15, 0.2) is 0 Å². The molecule has 1 aliphatic rings. The molecule has 2 rings (SSSR count). The minimum absolute atomic E-state index is 0.00890. The second-order valence-corrected chi connectivity index (χ2v) is 4.23. The highest BCUT2D eigenvalue weighted by atomic mass is 16.5. The summed E-state index contributed by atoms with van der Waals surface area (Å²) in [5, 5.41) is 3.78. The van der Waals surface area contributed by atoms with Gasteiger partial charge in [-0.3, -0.25) is 4.90 Å². The number of likely N-dealkylation sites (tertiary alicyclic amines) is 1. The average Bonchev–Trinajstić information content (AvgIpc) is 2.73. The Kier molecular flexibility index (Phi) is 3.98. The SMILES string of the molecule is COC1CN(Cc2ccccc2)CC1N=[N+]=[N-]. The Morgan fingerprint density at radius 2 is 2.18 bits per heavy atom. The third kappa shape index (κ3) is 2.97. The summed E-state index contributed by atoms with van der Waals surface area (Å²) in [4.78, 5) is 5.13. The molecule has 5 nitrogen and oxygen atoms in total. The Labute approximate surface area is 101 Å². The third-order valence-corrected chi connectivity index (χ3v) is 3.06. The lowest BCUT2D eigenvalue weighted by atomic mass is 10.2. The Bertz CT molecular complexity index is 402. The molecule has 1 heterocycles. The van der Waals surface area contributed by atoms with Gasteiger partial charge in [0.1, 0.15) is 0 Å². The molecule has 0 N–H and O–H groups in total. The molecular formula is C12H16N4O. The van der Waals surface area contributed by atoms with Crippen LogP contribution in [0.1, 0.15) is 5.56 Å². The van der Waals surface area contributed by atoms with Crippen molar-refractivity contribution in [1.82, 2.24) is 4.90 Å². The van der Waals surface area contributed by atoms with Crippen molar-refractivity contribution in [3.63, 3.8) is 0 Å². The van der Waals surface area contributed by atoms with Crippen molar-refractivity contribution in [2.75, 3.05) is 20.2 Å². The van der Waals surface area contributed by atoms with Crippen molar-refractivity contribution in [1.29, 1.82) is 0 Å². The highest BCUT2D eigenvalue weighted by Crippen LogP contribution is 2.18. The summed E-state index contributed by atoms with van der Waals surface area (Å²) in [6.45, 7) is 2.45. The molecule has 1 saturated heterocycles. The van der Waals surface area contributed by atoms with Crippen LogP contribution in [0.4, 0.5) is 0 Å². The molecule has 5 heteroatoms. The minimum atomic E-state index is -0.0753. The van der Waals surface area contributed by atoms with Gasteiger partial charge in [-0.2, -0.15) is 0 Å². The smallest absolute Gasteiger partial charge is 0.0795 e. The van der Waals surface area contributed by atoms with Crippen LogP contribution >= 0.6 is 0 Å². The van der Waals surface area contributed by atoms with E-state index >= 15 is 0 Å². The molecule has 17 heavy (non-hydrogen) atoms. The summed E-state index contributed by atoms with van der Waals surface area (Å²) in [7, 11) is 1.66. The van der Waals surface area contributed by atoms with Crippen molar-refractivity contribution in [2.24, 2.45) is 5.11 Å². The molecule has 0 saturated carbocycles. The molecule has 0 radical (unpaired) electrons. The van der Waals surface area contributed by atoms with E-state index in [0.29, 0.717) is 0 Å². The Morgan fingerprint density at radius 1 is 1.41 bits per heavy atom. The lowest BCUT2D eigenvalue weighted by Gasteiger charge is -2.15. The first kappa shape index (κ1) is 11.9. The molecule has 1 aromatic rings. The first-order valence-corrected chi connectivity index (χ1v) is 5.66. The lowest BCUT2D eigenvalue weighted by molar-refractivity contribution is 0.0977. The molecule has 1 aliphatic heterocycles. The van der Waals surface area contributed by atoms with Gasteiger partial charge >= 0.3 is 0 Å². The zero-order chi connectivity index (χ0) is 12.1. The van der Waals surface area contributed by atoms with Gasteiger partial charge in [0.2, 0.25) is 0 Å². The first-order chi connectivity index (χ1) is 8.33. The molecule has 1 aromatic carbocycles. The summed E-state index contributed by atoms with van der Waals surface area (Å²) in [6.07, 6.45) is 0.00890. The second kappa shape index (κ2) is 5.68. The van der Waals surface area contributed by atoms with Gasteiger partial charge in [0.25, 0.3) is 0 Å². The Hall–Kier alpha value is -1.55. The molecule has 1 fully saturated rings. The van der Waals surface area contributed by atoms with Crippen LogP contribution in [0.3, 0.4) is 0 Å². The van der Waals surface area contributed by atoms with Gasteiger partial charge in [0, 0.05) is 31.7 Å². The van der Waals surface area contributed by atoms with E-state index in [4.69, 9.17) is 10.3 Å². The number of azide groups is 1. The van der Waals surface area contributed by atoms with E-state index in [1.807, 2.05) is 18.2 Å². The second-order valence-electron chi connectivity index (χ2n) is 4.23. The standard InChI is InChI=1S/C12H16N4O/c1-17-12-9-16(8-11(12)14-15-13)7-10-5-3-2-4-6-10/h2-6,11-12H,7-9H2,1H3. The predicted molar refractivity (Wildman–Crippen MR) is 65.5 cm³/mol. The van der Waals surface area contributed by atoms with Gasteiger partial charge in [-0.15, -0.1) is 0 Å². The van der Waals surface area contributed by atoms with E-state index in [0.717, 1.165) is 19.6 Å². The molecule has 0 amide bonds. The monoisotopic (exact) mass is 232 g/mol. The Morgan fingerprint density at radius 3 is 2.82 bits per heavy atom. The van der Waals surface area contributed by atoms with E-state index < -0.39 is 0 Å². The fourth-order valence-corrected chi connectivity index (χ4v) is 2.21. The summed E-state index contributed by atoms with van der Waals surface area (Å²) in [6, 6.07) is 10.2. The van der Waals surface area contributed by atoms with E-state index in [-0.39, 0.29) is 12.1 Å². The molecule has 2 atom stereocenters. The minimum Gasteiger partial charge on any atom is -0.380 e. The summed E-state index contributed by atoms with van der Waals surface area (Å²) in [5.41, 5.74) is 9.77. The lowest BCUT2D eigenvalue weighted by Crippen LogP contribution is -2.23. The normalized spacial score (nSPS) is 24.5. The summed E-state index contributed by atoms with van der Waals surface area (Å²) < 4.78 is 5.34. The molecule has 0 aliphatic carbocycles. The topological polar surface area (TPSA) is 61.2 Å². The zero-order valence-electron chi connectivity index (χ0n) is 9.86. The molecule has 2 unspecified atom stereocenters. The highest BCUT2D eigenvalue weighted by molar-refractivity contribution is 5.15. The Balaban J connectivity index is 1.98. The van der Waals surface area contributed by atoms with Crippen LogP contribution in [0.15, 0.2) is 35.4 Å². The van der Waals surface area contributed by atoms with Crippen LogP contribution in [0, 0.1) is 0 Å². The van der Waals surface area contributed by atoms with Crippen molar-refractivity contribution in [3.05, 3.63) is 46.3 Å². The number of nitrogens with zero attached hydrogens (tertiary/aromatic N) is 4. The van der Waals surface area contributed by atoms with E-state index in [9.17, 15) is 0 Å². The van der Waals surface area contributed by atoms with Crippen molar-refractivity contribution >= 4 is 0 Å². The molecule has 0 spiro atoms. The van der Waals surface area contributed by atoms with Gasteiger partial charge in [-0.05, 0) is 11.1 Å². The van der Waals surface area contributed by atoms with Gasteiger partial charge in [0.05, 0.1) is 12.1 Å². The van der Waals surface area contributed by atoms with Crippen LogP contribution in [0.2, 0.25) is 0 Å². The van der Waals surface area contributed by atoms with E-state index in [1.54, 1.807) is 7.11 Å². The van der Waals surface area contributed by atoms with Crippen LogP contribution in [0.25, 0.3) is 10.4 Å². The maximum Gasteiger partial charge on any atom is 0.0795 e. The largest absolute Gasteiger partial charge is 0.380 e. The number of methoxy groups -OCH3 is 1. The van der Waals surface area contributed by atoms with Crippen LogP contribution in [0.5, 0.6) is 0 Å². The highest BCUT2D eigenvalue weighted by Gasteiger charge is 2.31. The van der Waals surface area contributed by atoms with Crippen molar-refractivity contribution in [2.45, 2.75) is 18.7 Å². The number of rotatable bonds is 4. The van der Waals surface area contributed by atoms with E-state index in [2.05, 4.69) is 27.1 Å². The average molecular weight is 232 g/mol. The first-order valence-electron chi connectivity index (χ1n) is 5.66. The number of benzene rings is 1. The van der Waals surface area contributed by atoms with Crippen LogP contribution in [-0.4, -0.2) is 37.2 Å². The third-order valence-electron chi connectivity index (χ3n) is 3.06. The molecule has 0 bridgehead atoms. The quantitative estimate of drug-likeness (QED) is 0.454. The molecular weight excluding hydrogens is 216 g/mol. The summed E-state index contributed by atoms with van der Waals surface area (Å²) in [5.74, 6) is 0.